The molecule has 0 saturated carbocycles. The van der Waals surface area contributed by atoms with Crippen LogP contribution in [0.15, 0.2) is 45.3 Å². The Hall–Kier alpha value is -1.40. The first-order chi connectivity index (χ1) is 8.95. The summed E-state index contributed by atoms with van der Waals surface area (Å²) in [5.41, 5.74) is 6.54. The molecule has 0 aliphatic heterocycles. The van der Waals surface area contributed by atoms with Gasteiger partial charge < -0.3 is 11.1 Å². The zero-order valence-corrected chi connectivity index (χ0v) is 12.8. The Morgan fingerprint density at radius 3 is 2.53 bits per heavy atom. The predicted molar refractivity (Wildman–Crippen MR) is 80.6 cm³/mol. The number of carbonyl (C=O) groups excluding carboxylic acids is 1. The third-order valence-corrected chi connectivity index (χ3v) is 3.50. The second-order valence-electron chi connectivity index (χ2n) is 3.85. The van der Waals surface area contributed by atoms with E-state index in [4.69, 9.17) is 5.73 Å². The number of nitrogens with one attached hydrogen (secondary N) is 1. The van der Waals surface area contributed by atoms with Crippen LogP contribution in [0.5, 0.6) is 0 Å². The minimum atomic E-state index is -0.495. The van der Waals surface area contributed by atoms with Crippen molar-refractivity contribution in [2.75, 3.05) is 11.1 Å². The monoisotopic (exact) mass is 386 g/mol. The molecule has 0 aliphatic rings. The smallest absolute Gasteiger partial charge is 0.256 e. The second kappa shape index (κ2) is 5.71. The quantitative estimate of drug-likeness (QED) is 0.759. The molecule has 0 spiro atoms. The number of nitrogens with two attached hydrogens (primary N) is 1. The number of halogens is 3. The minimum absolute atomic E-state index is 0.255. The van der Waals surface area contributed by atoms with Gasteiger partial charge in [0.2, 0.25) is 0 Å². The first-order valence-corrected chi connectivity index (χ1v) is 6.87. The highest BCUT2D eigenvalue weighted by Crippen LogP contribution is 2.23. The largest absolute Gasteiger partial charge is 0.399 e. The summed E-state index contributed by atoms with van der Waals surface area (Å²) in [4.78, 5) is 12.0. The number of hydrogen-bond donors (Lipinski definition) is 2. The summed E-state index contributed by atoms with van der Waals surface area (Å²) in [6.45, 7) is 0. The number of amides is 1. The van der Waals surface area contributed by atoms with E-state index in [0.29, 0.717) is 15.7 Å². The molecule has 19 heavy (non-hydrogen) atoms. The Balaban J connectivity index is 2.25. The van der Waals surface area contributed by atoms with Crippen molar-refractivity contribution in [3.05, 3.63) is 56.7 Å². The molecule has 0 saturated heterocycles. The molecular formula is C13H9Br2FN2O. The van der Waals surface area contributed by atoms with Crippen molar-refractivity contribution in [2.45, 2.75) is 0 Å². The normalized spacial score (nSPS) is 10.3. The lowest BCUT2D eigenvalue weighted by molar-refractivity contribution is 0.102. The van der Waals surface area contributed by atoms with Crippen molar-refractivity contribution in [1.29, 1.82) is 0 Å². The van der Waals surface area contributed by atoms with Gasteiger partial charge in [-0.2, -0.15) is 0 Å². The fraction of sp³-hybridized carbons (Fsp3) is 0. The lowest BCUT2D eigenvalue weighted by atomic mass is 10.2. The molecule has 6 heteroatoms. The van der Waals surface area contributed by atoms with Gasteiger partial charge in [-0.25, -0.2) is 4.39 Å². The molecule has 0 heterocycles. The highest BCUT2D eigenvalue weighted by atomic mass is 79.9. The van der Waals surface area contributed by atoms with Crippen LogP contribution in [0.2, 0.25) is 0 Å². The van der Waals surface area contributed by atoms with Gasteiger partial charge in [-0.05, 0) is 52.3 Å². The van der Waals surface area contributed by atoms with Crippen LogP contribution in [0.25, 0.3) is 0 Å². The fourth-order valence-electron chi connectivity index (χ4n) is 1.56. The lowest BCUT2D eigenvalue weighted by Gasteiger charge is -2.08. The molecule has 1 amide bonds. The van der Waals surface area contributed by atoms with E-state index >= 15 is 0 Å². The lowest BCUT2D eigenvalue weighted by Crippen LogP contribution is -2.13. The fourth-order valence-corrected chi connectivity index (χ4v) is 2.78. The summed E-state index contributed by atoms with van der Waals surface area (Å²) in [5.74, 6) is -0.838. The molecule has 3 N–H and O–H groups in total. The number of nitrogen functional groups attached to an aromatic ring is 1. The van der Waals surface area contributed by atoms with Gasteiger partial charge in [0.1, 0.15) is 5.82 Å². The zero-order chi connectivity index (χ0) is 14.0. The van der Waals surface area contributed by atoms with E-state index in [9.17, 15) is 9.18 Å². The minimum Gasteiger partial charge on any atom is -0.399 e. The van der Waals surface area contributed by atoms with Gasteiger partial charge in [0.25, 0.3) is 5.91 Å². The molecule has 98 valence electrons. The number of benzene rings is 2. The average Bonchev–Trinajstić information content (AvgIpc) is 2.26. The van der Waals surface area contributed by atoms with Crippen LogP contribution in [-0.2, 0) is 0 Å². The summed E-state index contributed by atoms with van der Waals surface area (Å²) < 4.78 is 14.7. The van der Waals surface area contributed by atoms with Crippen molar-refractivity contribution in [1.82, 2.24) is 0 Å². The van der Waals surface area contributed by atoms with Gasteiger partial charge >= 0.3 is 0 Å². The summed E-state index contributed by atoms with van der Waals surface area (Å²) in [6.07, 6.45) is 0. The number of hydrogen-bond acceptors (Lipinski definition) is 2. The van der Waals surface area contributed by atoms with Crippen molar-refractivity contribution >= 4 is 49.1 Å². The van der Waals surface area contributed by atoms with Crippen LogP contribution >= 0.6 is 31.9 Å². The summed E-state index contributed by atoms with van der Waals surface area (Å²) in [5, 5.41) is 2.60. The van der Waals surface area contributed by atoms with E-state index in [1.807, 2.05) is 0 Å². The molecule has 0 unspecified atom stereocenters. The molecule has 3 nitrogen and oxygen atoms in total. The maximum atomic E-state index is 13.2. The SMILES string of the molecule is Nc1cc(F)cc(NC(=O)c2ccc(Br)cc2Br)c1. The molecule has 0 aliphatic carbocycles. The van der Waals surface area contributed by atoms with Crippen LogP contribution in [0.3, 0.4) is 0 Å². The predicted octanol–water partition coefficient (Wildman–Crippen LogP) is 4.19. The Labute approximate surface area is 126 Å². The van der Waals surface area contributed by atoms with Gasteiger partial charge in [-0.3, -0.25) is 4.79 Å². The molecule has 2 aromatic rings. The Kier molecular flexibility index (Phi) is 4.21. The van der Waals surface area contributed by atoms with Crippen LogP contribution in [0.1, 0.15) is 10.4 Å². The number of rotatable bonds is 2. The van der Waals surface area contributed by atoms with E-state index in [1.165, 1.54) is 18.2 Å². The van der Waals surface area contributed by atoms with Crippen molar-refractivity contribution in [3.8, 4) is 0 Å². The number of anilines is 2. The second-order valence-corrected chi connectivity index (χ2v) is 5.62. The van der Waals surface area contributed by atoms with Crippen LogP contribution < -0.4 is 11.1 Å². The third kappa shape index (κ3) is 3.54. The third-order valence-electron chi connectivity index (χ3n) is 2.35. The van der Waals surface area contributed by atoms with Crippen molar-refractivity contribution < 1.29 is 9.18 Å². The highest BCUT2D eigenvalue weighted by molar-refractivity contribution is 9.11. The molecular weight excluding hydrogens is 379 g/mol. The van der Waals surface area contributed by atoms with Gasteiger partial charge in [0.15, 0.2) is 0 Å². The molecule has 0 atom stereocenters. The summed E-state index contributed by atoms with van der Waals surface area (Å²) >= 11 is 6.60. The Morgan fingerprint density at radius 2 is 1.89 bits per heavy atom. The van der Waals surface area contributed by atoms with Gasteiger partial charge in [0.05, 0.1) is 5.56 Å². The summed E-state index contributed by atoms with van der Waals surface area (Å²) in [6, 6.07) is 9.06. The molecule has 2 rings (SSSR count). The summed E-state index contributed by atoms with van der Waals surface area (Å²) in [7, 11) is 0. The maximum absolute atomic E-state index is 13.2. The topological polar surface area (TPSA) is 55.1 Å². The molecule has 0 fully saturated rings. The first-order valence-electron chi connectivity index (χ1n) is 5.28. The first kappa shape index (κ1) is 14.0. The Bertz CT molecular complexity index is 626. The van der Waals surface area contributed by atoms with E-state index in [0.717, 1.165) is 4.47 Å². The molecule has 0 radical (unpaired) electrons. The number of carbonyl (C=O) groups is 1. The van der Waals surface area contributed by atoms with Crippen molar-refractivity contribution in [3.63, 3.8) is 0 Å². The standard InChI is InChI=1S/C13H9Br2FN2O/c14-7-1-2-11(12(15)3-7)13(19)18-10-5-8(16)4-9(17)6-10/h1-6H,17H2,(H,18,19). The van der Waals surface area contributed by atoms with Crippen LogP contribution in [0.4, 0.5) is 15.8 Å². The molecule has 2 aromatic carbocycles. The van der Waals surface area contributed by atoms with E-state index < -0.39 is 5.82 Å². The maximum Gasteiger partial charge on any atom is 0.256 e. The van der Waals surface area contributed by atoms with Crippen LogP contribution in [-0.4, -0.2) is 5.91 Å². The van der Waals surface area contributed by atoms with Crippen molar-refractivity contribution in [2.24, 2.45) is 0 Å². The average molecular weight is 388 g/mol. The highest BCUT2D eigenvalue weighted by Gasteiger charge is 2.11. The van der Waals surface area contributed by atoms with E-state index in [1.54, 1.807) is 18.2 Å². The Morgan fingerprint density at radius 1 is 1.16 bits per heavy atom. The zero-order valence-electron chi connectivity index (χ0n) is 9.58. The van der Waals surface area contributed by atoms with E-state index in [2.05, 4.69) is 37.2 Å². The van der Waals surface area contributed by atoms with Gasteiger partial charge in [0, 0.05) is 20.3 Å². The van der Waals surface area contributed by atoms with Crippen LogP contribution in [0, 0.1) is 5.82 Å². The van der Waals surface area contributed by atoms with E-state index in [-0.39, 0.29) is 11.6 Å². The molecule has 0 aromatic heterocycles. The van der Waals surface area contributed by atoms with Gasteiger partial charge in [-0.15, -0.1) is 0 Å². The molecule has 0 bridgehead atoms. The van der Waals surface area contributed by atoms with Gasteiger partial charge in [-0.1, -0.05) is 15.9 Å².